The summed E-state index contributed by atoms with van der Waals surface area (Å²) in [5.41, 5.74) is -0.0599. The van der Waals surface area contributed by atoms with E-state index in [1.165, 1.54) is 24.3 Å². The second-order valence-electron chi connectivity index (χ2n) is 3.68. The normalized spacial score (nSPS) is 13.7. The predicted octanol–water partition coefficient (Wildman–Crippen LogP) is 0.342. The van der Waals surface area contributed by atoms with E-state index in [0.717, 1.165) is 7.11 Å². The summed E-state index contributed by atoms with van der Waals surface area (Å²) in [5.74, 6) is -1.90. The number of hydrogen-bond acceptors (Lipinski definition) is 5. The Bertz CT molecular complexity index is 442. The summed E-state index contributed by atoms with van der Waals surface area (Å²) in [7, 11) is 1.16. The maximum atomic E-state index is 11.0. The van der Waals surface area contributed by atoms with Crippen molar-refractivity contribution in [1.29, 1.82) is 0 Å². The number of carbonyl (C=O) groups excluding carboxylic acids is 1. The molecule has 6 heteroatoms. The first kappa shape index (κ1) is 14.1. The Morgan fingerprint density at radius 2 is 1.89 bits per heavy atom. The van der Waals surface area contributed by atoms with Crippen LogP contribution < -0.4 is 0 Å². The minimum atomic E-state index is -1.46. The topological polar surface area (TPSA) is 104 Å². The van der Waals surface area contributed by atoms with Crippen LogP contribution in [0.4, 0.5) is 0 Å². The second-order valence-corrected chi connectivity index (χ2v) is 3.68. The summed E-state index contributed by atoms with van der Waals surface area (Å²) in [6.45, 7) is 0. The SMILES string of the molecule is COC(=O)CC(O)C(O)c1ccccc1C(=O)O. The lowest BCUT2D eigenvalue weighted by atomic mass is 9.97. The molecule has 0 spiro atoms. The van der Waals surface area contributed by atoms with Gasteiger partial charge in [0.15, 0.2) is 0 Å². The van der Waals surface area contributed by atoms with Crippen molar-refractivity contribution in [2.75, 3.05) is 7.11 Å². The molecule has 0 radical (unpaired) electrons. The van der Waals surface area contributed by atoms with E-state index in [1.807, 2.05) is 0 Å². The van der Waals surface area contributed by atoms with Crippen molar-refractivity contribution in [1.82, 2.24) is 0 Å². The smallest absolute Gasteiger partial charge is 0.336 e. The highest BCUT2D eigenvalue weighted by Crippen LogP contribution is 2.23. The highest BCUT2D eigenvalue weighted by molar-refractivity contribution is 5.89. The molecule has 2 unspecified atom stereocenters. The number of hydrogen-bond donors (Lipinski definition) is 3. The quantitative estimate of drug-likeness (QED) is 0.655. The van der Waals surface area contributed by atoms with Crippen molar-refractivity contribution >= 4 is 11.9 Å². The fourth-order valence-corrected chi connectivity index (χ4v) is 1.52. The lowest BCUT2D eigenvalue weighted by Crippen LogP contribution is -2.24. The van der Waals surface area contributed by atoms with Crippen LogP contribution in [0.15, 0.2) is 24.3 Å². The molecule has 1 aromatic rings. The van der Waals surface area contributed by atoms with Gasteiger partial charge in [0.05, 0.1) is 25.2 Å². The van der Waals surface area contributed by atoms with Crippen LogP contribution in [-0.2, 0) is 9.53 Å². The number of aliphatic hydroxyl groups excluding tert-OH is 2. The number of rotatable bonds is 5. The molecule has 0 aliphatic rings. The van der Waals surface area contributed by atoms with Gasteiger partial charge in [0.1, 0.15) is 6.10 Å². The highest BCUT2D eigenvalue weighted by Gasteiger charge is 2.25. The third-order valence-corrected chi connectivity index (χ3v) is 2.48. The van der Waals surface area contributed by atoms with Crippen molar-refractivity contribution < 1.29 is 29.6 Å². The number of aromatic carboxylic acids is 1. The Labute approximate surface area is 103 Å². The molecule has 3 N–H and O–H groups in total. The maximum Gasteiger partial charge on any atom is 0.336 e. The number of ether oxygens (including phenoxy) is 1. The van der Waals surface area contributed by atoms with Gasteiger partial charge in [0.25, 0.3) is 0 Å². The molecule has 6 nitrogen and oxygen atoms in total. The van der Waals surface area contributed by atoms with Gasteiger partial charge >= 0.3 is 11.9 Å². The molecule has 1 rings (SSSR count). The summed E-state index contributed by atoms with van der Waals surface area (Å²) in [6.07, 6.45) is -3.29. The van der Waals surface area contributed by atoms with Gasteiger partial charge in [0, 0.05) is 0 Å². The van der Waals surface area contributed by atoms with Gasteiger partial charge in [-0.2, -0.15) is 0 Å². The monoisotopic (exact) mass is 254 g/mol. The minimum absolute atomic E-state index is 0.0569. The van der Waals surface area contributed by atoms with Gasteiger partial charge < -0.3 is 20.1 Å². The van der Waals surface area contributed by atoms with E-state index >= 15 is 0 Å². The van der Waals surface area contributed by atoms with Gasteiger partial charge in [-0.15, -0.1) is 0 Å². The van der Waals surface area contributed by atoms with E-state index in [1.54, 1.807) is 0 Å². The largest absolute Gasteiger partial charge is 0.478 e. The standard InChI is InChI=1S/C12H14O6/c1-18-10(14)6-9(13)11(15)7-4-2-3-5-8(7)12(16)17/h2-5,9,11,13,15H,6H2,1H3,(H,16,17). The van der Waals surface area contributed by atoms with E-state index in [9.17, 15) is 19.8 Å². The van der Waals surface area contributed by atoms with Gasteiger partial charge in [-0.25, -0.2) is 4.79 Å². The number of aliphatic hydroxyl groups is 2. The van der Waals surface area contributed by atoms with E-state index < -0.39 is 30.6 Å². The first-order valence-electron chi connectivity index (χ1n) is 5.22. The van der Waals surface area contributed by atoms with Crippen molar-refractivity contribution in [2.45, 2.75) is 18.6 Å². The average Bonchev–Trinajstić information content (AvgIpc) is 2.37. The van der Waals surface area contributed by atoms with Crippen LogP contribution in [0.5, 0.6) is 0 Å². The Hall–Kier alpha value is -1.92. The molecule has 18 heavy (non-hydrogen) atoms. The van der Waals surface area contributed by atoms with Crippen LogP contribution in [0.3, 0.4) is 0 Å². The molecule has 2 atom stereocenters. The predicted molar refractivity (Wildman–Crippen MR) is 61.0 cm³/mol. The summed E-state index contributed by atoms with van der Waals surface area (Å²) in [6, 6.07) is 5.74. The van der Waals surface area contributed by atoms with Gasteiger partial charge in [0.2, 0.25) is 0 Å². The molecular formula is C12H14O6. The third kappa shape index (κ3) is 3.28. The fourth-order valence-electron chi connectivity index (χ4n) is 1.52. The number of carboxylic acid groups (broad SMARTS) is 1. The van der Waals surface area contributed by atoms with Gasteiger partial charge in [-0.05, 0) is 11.6 Å². The zero-order valence-electron chi connectivity index (χ0n) is 9.74. The number of methoxy groups -OCH3 is 1. The number of esters is 1. The summed E-state index contributed by atoms with van der Waals surface area (Å²) in [4.78, 5) is 21.9. The Balaban J connectivity index is 2.92. The summed E-state index contributed by atoms with van der Waals surface area (Å²) >= 11 is 0. The number of carboxylic acids is 1. The molecule has 1 aromatic carbocycles. The van der Waals surface area contributed by atoms with Crippen LogP contribution in [0.25, 0.3) is 0 Å². The first-order chi connectivity index (χ1) is 8.47. The van der Waals surface area contributed by atoms with E-state index in [0.29, 0.717) is 0 Å². The Kier molecular flexibility index (Phi) is 4.82. The molecule has 0 amide bonds. The Morgan fingerprint density at radius 1 is 1.28 bits per heavy atom. The molecular weight excluding hydrogens is 240 g/mol. The molecule has 0 aliphatic heterocycles. The fraction of sp³-hybridized carbons (Fsp3) is 0.333. The van der Waals surface area contributed by atoms with Crippen molar-refractivity contribution in [3.63, 3.8) is 0 Å². The summed E-state index contributed by atoms with van der Waals surface area (Å²) in [5, 5.41) is 28.4. The van der Waals surface area contributed by atoms with Crippen LogP contribution in [-0.4, -0.2) is 40.5 Å². The van der Waals surface area contributed by atoms with E-state index in [-0.39, 0.29) is 11.1 Å². The van der Waals surface area contributed by atoms with Gasteiger partial charge in [-0.3, -0.25) is 4.79 Å². The molecule has 0 saturated heterocycles. The van der Waals surface area contributed by atoms with E-state index in [4.69, 9.17) is 5.11 Å². The van der Waals surface area contributed by atoms with Crippen molar-refractivity contribution in [2.24, 2.45) is 0 Å². The molecule has 0 aliphatic carbocycles. The zero-order valence-corrected chi connectivity index (χ0v) is 9.74. The van der Waals surface area contributed by atoms with Crippen LogP contribution in [0.2, 0.25) is 0 Å². The average molecular weight is 254 g/mol. The molecule has 0 saturated carbocycles. The minimum Gasteiger partial charge on any atom is -0.478 e. The molecule has 0 fully saturated rings. The Morgan fingerprint density at radius 3 is 2.44 bits per heavy atom. The van der Waals surface area contributed by atoms with Crippen LogP contribution in [0, 0.1) is 0 Å². The highest BCUT2D eigenvalue weighted by atomic mass is 16.5. The van der Waals surface area contributed by atoms with Crippen molar-refractivity contribution in [3.8, 4) is 0 Å². The van der Waals surface area contributed by atoms with Crippen molar-refractivity contribution in [3.05, 3.63) is 35.4 Å². The lowest BCUT2D eigenvalue weighted by Gasteiger charge is -2.18. The summed E-state index contributed by atoms with van der Waals surface area (Å²) < 4.78 is 4.36. The second kappa shape index (κ2) is 6.13. The van der Waals surface area contributed by atoms with Crippen LogP contribution in [0.1, 0.15) is 28.4 Å². The lowest BCUT2D eigenvalue weighted by molar-refractivity contribution is -0.144. The van der Waals surface area contributed by atoms with Gasteiger partial charge in [-0.1, -0.05) is 18.2 Å². The molecule has 0 aromatic heterocycles. The van der Waals surface area contributed by atoms with Crippen LogP contribution >= 0.6 is 0 Å². The number of benzene rings is 1. The molecule has 0 heterocycles. The third-order valence-electron chi connectivity index (χ3n) is 2.48. The number of carbonyl (C=O) groups is 2. The zero-order chi connectivity index (χ0) is 13.7. The maximum absolute atomic E-state index is 11.0. The van der Waals surface area contributed by atoms with E-state index in [2.05, 4.69) is 4.74 Å². The molecule has 0 bridgehead atoms. The first-order valence-corrected chi connectivity index (χ1v) is 5.22. The molecule has 98 valence electrons.